The maximum Gasteiger partial charge on any atom is 0.335 e. The van der Waals surface area contributed by atoms with Gasteiger partial charge in [-0.2, -0.15) is 0 Å². The van der Waals surface area contributed by atoms with Crippen molar-refractivity contribution in [1.82, 2.24) is 4.90 Å². The van der Waals surface area contributed by atoms with Crippen LogP contribution in [0.5, 0.6) is 0 Å². The number of likely N-dealkylation sites (tertiary alicyclic amines) is 1. The normalized spacial score (nSPS) is 16.7. The molecule has 0 spiro atoms. The Hall–Kier alpha value is -2.47. The Morgan fingerprint density at radius 2 is 1.59 bits per heavy atom. The van der Waals surface area contributed by atoms with Crippen LogP contribution in [-0.2, 0) is 0 Å². The van der Waals surface area contributed by atoms with E-state index in [1.54, 1.807) is 23.9 Å². The molecule has 2 heterocycles. The van der Waals surface area contributed by atoms with Gasteiger partial charge in [0.25, 0.3) is 5.91 Å². The van der Waals surface area contributed by atoms with E-state index in [1.807, 2.05) is 35.2 Å². The summed E-state index contributed by atoms with van der Waals surface area (Å²) in [6.07, 6.45) is 3.39. The zero-order valence-corrected chi connectivity index (χ0v) is 15.9. The van der Waals surface area contributed by atoms with Gasteiger partial charge in [-0.15, -0.1) is 11.8 Å². The fraction of sp³-hybridized carbons (Fsp3) is 0.333. The van der Waals surface area contributed by atoms with Gasteiger partial charge in [0, 0.05) is 41.5 Å². The largest absolute Gasteiger partial charge is 0.478 e. The van der Waals surface area contributed by atoms with E-state index >= 15 is 0 Å². The van der Waals surface area contributed by atoms with Crippen molar-refractivity contribution in [1.29, 1.82) is 0 Å². The van der Waals surface area contributed by atoms with Gasteiger partial charge < -0.3 is 14.9 Å². The third-order valence-electron chi connectivity index (χ3n) is 5.14. The van der Waals surface area contributed by atoms with Gasteiger partial charge >= 0.3 is 5.97 Å². The number of piperidine rings is 1. The Bertz CT molecular complexity index is 860. The van der Waals surface area contributed by atoms with Crippen LogP contribution < -0.4 is 4.90 Å². The highest BCUT2D eigenvalue weighted by molar-refractivity contribution is 7.99. The molecule has 0 atom stereocenters. The number of rotatable bonds is 3. The molecular weight excluding hydrogens is 360 g/mol. The summed E-state index contributed by atoms with van der Waals surface area (Å²) in [5.41, 5.74) is 3.08. The van der Waals surface area contributed by atoms with Gasteiger partial charge in [0.05, 0.1) is 11.3 Å². The SMILES string of the molecule is O=C(O)c1ccc(N2CCSc3cc(C(=O)N4CCCCC4)ccc32)cc1. The predicted molar refractivity (Wildman–Crippen MR) is 107 cm³/mol. The van der Waals surface area contributed by atoms with Crippen LogP contribution in [0.25, 0.3) is 0 Å². The number of benzene rings is 2. The van der Waals surface area contributed by atoms with Gasteiger partial charge in [0.2, 0.25) is 0 Å². The molecule has 140 valence electrons. The second kappa shape index (κ2) is 7.64. The van der Waals surface area contributed by atoms with Crippen molar-refractivity contribution in [3.05, 3.63) is 53.6 Å². The van der Waals surface area contributed by atoms with Crippen LogP contribution in [0.15, 0.2) is 47.4 Å². The summed E-state index contributed by atoms with van der Waals surface area (Å²) < 4.78 is 0. The Morgan fingerprint density at radius 1 is 0.889 bits per heavy atom. The van der Waals surface area contributed by atoms with Crippen molar-refractivity contribution in [2.75, 3.05) is 30.3 Å². The summed E-state index contributed by atoms with van der Waals surface area (Å²) in [7, 11) is 0. The van der Waals surface area contributed by atoms with Crippen LogP contribution in [0.2, 0.25) is 0 Å². The first-order valence-corrected chi connectivity index (χ1v) is 10.3. The molecule has 1 N–H and O–H groups in total. The summed E-state index contributed by atoms with van der Waals surface area (Å²) in [5, 5.41) is 9.08. The Labute approximate surface area is 163 Å². The molecule has 0 radical (unpaired) electrons. The molecular formula is C21H22N2O3S. The molecule has 27 heavy (non-hydrogen) atoms. The molecule has 0 bridgehead atoms. The van der Waals surface area contributed by atoms with Crippen molar-refractivity contribution in [3.8, 4) is 0 Å². The van der Waals surface area contributed by atoms with Crippen LogP contribution in [-0.4, -0.2) is 47.3 Å². The summed E-state index contributed by atoms with van der Waals surface area (Å²) in [4.78, 5) is 29.1. The third-order valence-corrected chi connectivity index (χ3v) is 6.16. The van der Waals surface area contributed by atoms with Crippen molar-refractivity contribution < 1.29 is 14.7 Å². The molecule has 0 saturated carbocycles. The monoisotopic (exact) mass is 382 g/mol. The zero-order valence-electron chi connectivity index (χ0n) is 15.1. The van der Waals surface area contributed by atoms with Crippen molar-refractivity contribution in [3.63, 3.8) is 0 Å². The smallest absolute Gasteiger partial charge is 0.335 e. The highest BCUT2D eigenvalue weighted by atomic mass is 32.2. The minimum Gasteiger partial charge on any atom is -0.478 e. The minimum atomic E-state index is -0.919. The van der Waals surface area contributed by atoms with E-state index in [1.165, 1.54) is 6.42 Å². The zero-order chi connectivity index (χ0) is 18.8. The first-order valence-electron chi connectivity index (χ1n) is 9.30. The first-order chi connectivity index (χ1) is 13.1. The molecule has 2 aromatic carbocycles. The maximum atomic E-state index is 12.8. The Kier molecular flexibility index (Phi) is 5.07. The van der Waals surface area contributed by atoms with Crippen LogP contribution >= 0.6 is 11.8 Å². The lowest BCUT2D eigenvalue weighted by Crippen LogP contribution is -2.35. The topological polar surface area (TPSA) is 60.9 Å². The Morgan fingerprint density at radius 3 is 2.30 bits per heavy atom. The van der Waals surface area contributed by atoms with Gasteiger partial charge in [0.1, 0.15) is 0 Å². The molecule has 2 aromatic rings. The van der Waals surface area contributed by atoms with E-state index in [4.69, 9.17) is 5.11 Å². The summed E-state index contributed by atoms with van der Waals surface area (Å²) in [5.74, 6) is 0.132. The number of aromatic carboxylic acids is 1. The maximum absolute atomic E-state index is 12.8. The fourth-order valence-corrected chi connectivity index (χ4v) is 4.71. The Balaban J connectivity index is 1.59. The number of carboxylic acid groups (broad SMARTS) is 1. The molecule has 0 aliphatic carbocycles. The molecule has 2 aliphatic rings. The molecule has 4 rings (SSSR count). The lowest BCUT2D eigenvalue weighted by atomic mass is 10.1. The van der Waals surface area contributed by atoms with E-state index in [-0.39, 0.29) is 11.5 Å². The van der Waals surface area contributed by atoms with E-state index in [2.05, 4.69) is 4.90 Å². The summed E-state index contributed by atoms with van der Waals surface area (Å²) in [6, 6.07) is 12.9. The van der Waals surface area contributed by atoms with Crippen molar-refractivity contribution >= 4 is 35.0 Å². The molecule has 1 amide bonds. The number of fused-ring (bicyclic) bond motifs is 1. The van der Waals surface area contributed by atoms with Crippen LogP contribution in [0, 0.1) is 0 Å². The third kappa shape index (κ3) is 3.67. The van der Waals surface area contributed by atoms with Gasteiger partial charge in [-0.3, -0.25) is 4.79 Å². The number of carbonyl (C=O) groups is 2. The van der Waals surface area contributed by atoms with Crippen LogP contribution in [0.3, 0.4) is 0 Å². The number of hydrogen-bond acceptors (Lipinski definition) is 4. The summed E-state index contributed by atoms with van der Waals surface area (Å²) in [6.45, 7) is 2.56. The molecule has 5 nitrogen and oxygen atoms in total. The molecule has 1 saturated heterocycles. The van der Waals surface area contributed by atoms with E-state index in [0.717, 1.165) is 60.1 Å². The number of amides is 1. The number of hydrogen-bond donors (Lipinski definition) is 1. The minimum absolute atomic E-state index is 0.126. The van der Waals surface area contributed by atoms with E-state index in [9.17, 15) is 9.59 Å². The number of nitrogens with zero attached hydrogens (tertiary/aromatic N) is 2. The van der Waals surface area contributed by atoms with Crippen LogP contribution in [0.4, 0.5) is 11.4 Å². The van der Waals surface area contributed by atoms with Gasteiger partial charge in [-0.25, -0.2) is 4.79 Å². The van der Waals surface area contributed by atoms with Crippen LogP contribution in [0.1, 0.15) is 40.0 Å². The van der Waals surface area contributed by atoms with E-state index < -0.39 is 5.97 Å². The quantitative estimate of drug-likeness (QED) is 0.860. The molecule has 2 aliphatic heterocycles. The molecule has 0 unspecified atom stereocenters. The lowest BCUT2D eigenvalue weighted by Gasteiger charge is -2.32. The van der Waals surface area contributed by atoms with Crippen molar-refractivity contribution in [2.45, 2.75) is 24.2 Å². The average Bonchev–Trinajstić information content (AvgIpc) is 2.73. The highest BCUT2D eigenvalue weighted by Gasteiger charge is 2.23. The second-order valence-electron chi connectivity index (χ2n) is 6.89. The number of carboxylic acids is 1. The average molecular weight is 382 g/mol. The fourth-order valence-electron chi connectivity index (χ4n) is 3.68. The summed E-state index contributed by atoms with van der Waals surface area (Å²) >= 11 is 1.77. The van der Waals surface area contributed by atoms with Gasteiger partial charge in [-0.05, 0) is 61.7 Å². The second-order valence-corrected chi connectivity index (χ2v) is 8.02. The van der Waals surface area contributed by atoms with Gasteiger partial charge in [0.15, 0.2) is 0 Å². The first kappa shape index (κ1) is 17.9. The molecule has 1 fully saturated rings. The number of carbonyl (C=O) groups excluding carboxylic acids is 1. The standard InChI is InChI=1S/C21H22N2O3S/c24-20(22-10-2-1-3-11-22)16-6-9-18-19(14-16)27-13-12-23(18)17-7-4-15(5-8-17)21(25)26/h4-9,14H,1-3,10-13H2,(H,25,26). The van der Waals surface area contributed by atoms with Crippen molar-refractivity contribution in [2.24, 2.45) is 0 Å². The highest BCUT2D eigenvalue weighted by Crippen LogP contribution is 2.39. The molecule has 6 heteroatoms. The molecule has 0 aromatic heterocycles. The number of anilines is 2. The van der Waals surface area contributed by atoms with Gasteiger partial charge in [-0.1, -0.05) is 0 Å². The predicted octanol–water partition coefficient (Wildman–Crippen LogP) is 4.25. The van der Waals surface area contributed by atoms with E-state index in [0.29, 0.717) is 0 Å². The number of thioether (sulfide) groups is 1. The lowest BCUT2D eigenvalue weighted by molar-refractivity contribution is 0.0694.